The molecule has 0 aliphatic heterocycles. The Morgan fingerprint density at radius 2 is 1.88 bits per heavy atom. The Bertz CT molecular complexity index is 1110. The molecule has 0 spiro atoms. The lowest BCUT2D eigenvalue weighted by atomic mass is 9.62. The average Bonchev–Trinajstić information content (AvgIpc) is 3.62. The number of allylic oxidation sites excluding steroid dienone is 2. The summed E-state index contributed by atoms with van der Waals surface area (Å²) < 4.78 is 5.58. The Labute approximate surface area is 187 Å². The van der Waals surface area contributed by atoms with Gasteiger partial charge in [-0.1, -0.05) is 24.3 Å². The number of ketones is 1. The van der Waals surface area contributed by atoms with Crippen molar-refractivity contribution < 1.29 is 19.1 Å². The van der Waals surface area contributed by atoms with E-state index in [1.54, 1.807) is 18.2 Å². The lowest BCUT2D eigenvalue weighted by Gasteiger charge is -2.41. The zero-order chi connectivity index (χ0) is 22.4. The molecule has 1 amide bonds. The highest BCUT2D eigenvalue weighted by atomic mass is 16.5. The van der Waals surface area contributed by atoms with Gasteiger partial charge in [0, 0.05) is 11.5 Å². The number of ether oxygens (including phenoxy) is 1. The molecule has 1 aromatic carbocycles. The number of aryl methyl sites for hydroxylation is 2. The van der Waals surface area contributed by atoms with Gasteiger partial charge in [-0.3, -0.25) is 9.59 Å². The third-order valence-electron chi connectivity index (χ3n) is 7.36. The second-order valence-corrected chi connectivity index (χ2v) is 9.22. The Balaban J connectivity index is 1.19. The van der Waals surface area contributed by atoms with Gasteiger partial charge in [0.05, 0.1) is 12.1 Å². The molecular weight excluding hydrogens is 404 g/mol. The number of rotatable bonds is 7. The van der Waals surface area contributed by atoms with Crippen LogP contribution in [0, 0.1) is 49.4 Å². The number of aromatic nitrogens is 1. The van der Waals surface area contributed by atoms with E-state index in [9.17, 15) is 14.4 Å². The van der Waals surface area contributed by atoms with Crippen LogP contribution in [0.2, 0.25) is 0 Å². The van der Waals surface area contributed by atoms with Gasteiger partial charge in [-0.2, -0.15) is 0 Å². The quantitative estimate of drug-likeness (QED) is 0.410. The van der Waals surface area contributed by atoms with Gasteiger partial charge in [0.25, 0.3) is 0 Å². The minimum atomic E-state index is -0.334. The summed E-state index contributed by atoms with van der Waals surface area (Å²) in [4.78, 5) is 41.3. The van der Waals surface area contributed by atoms with Crippen LogP contribution in [-0.4, -0.2) is 29.6 Å². The summed E-state index contributed by atoms with van der Waals surface area (Å²) in [5.41, 5.74) is 2.81. The molecule has 6 nitrogen and oxygen atoms in total. The van der Waals surface area contributed by atoms with Crippen LogP contribution in [0.5, 0.6) is 5.75 Å². The molecule has 0 saturated heterocycles. The fourth-order valence-electron chi connectivity index (χ4n) is 5.38. The van der Waals surface area contributed by atoms with Crippen LogP contribution in [-0.2, 0) is 9.59 Å². The molecule has 1 aromatic heterocycles. The monoisotopic (exact) mass is 430 g/mol. The van der Waals surface area contributed by atoms with E-state index in [2.05, 4.69) is 22.5 Å². The third-order valence-corrected chi connectivity index (χ3v) is 7.36. The summed E-state index contributed by atoms with van der Waals surface area (Å²) in [5, 5.41) is 2.86. The molecule has 2 fully saturated rings. The molecule has 2 bridgehead atoms. The Kier molecular flexibility index (Phi) is 5.16. The van der Waals surface area contributed by atoms with Crippen molar-refractivity contribution in [3.05, 3.63) is 65.4 Å². The van der Waals surface area contributed by atoms with E-state index in [0.29, 0.717) is 29.0 Å². The van der Waals surface area contributed by atoms with E-state index < -0.39 is 0 Å². The van der Waals surface area contributed by atoms with Crippen LogP contribution in [0.1, 0.15) is 27.9 Å². The SMILES string of the molecule is Cc1ccc(C(=O)COc2ccc(NC(=O)C3C(C=O)C4C=CC3C3CC43)nc2)cc1C. The molecular formula is C26H26N2O4. The second-order valence-electron chi connectivity index (χ2n) is 9.22. The number of carbonyl (C=O) groups excluding carboxylic acids is 3. The molecule has 6 atom stereocenters. The first-order chi connectivity index (χ1) is 15.5. The Morgan fingerprint density at radius 3 is 2.59 bits per heavy atom. The van der Waals surface area contributed by atoms with Gasteiger partial charge in [-0.25, -0.2) is 4.98 Å². The highest BCUT2D eigenvalue weighted by Gasteiger charge is 2.61. The van der Waals surface area contributed by atoms with Gasteiger partial charge in [-0.05, 0) is 73.3 Å². The molecule has 1 heterocycles. The van der Waals surface area contributed by atoms with E-state index in [-0.39, 0.29) is 42.0 Å². The van der Waals surface area contributed by atoms with E-state index in [1.807, 2.05) is 26.0 Å². The molecule has 0 radical (unpaired) electrons. The maximum Gasteiger partial charge on any atom is 0.229 e. The van der Waals surface area contributed by atoms with Crippen molar-refractivity contribution in [1.82, 2.24) is 4.98 Å². The Morgan fingerprint density at radius 1 is 1.09 bits per heavy atom. The van der Waals surface area contributed by atoms with E-state index in [4.69, 9.17) is 4.74 Å². The van der Waals surface area contributed by atoms with Crippen LogP contribution in [0.25, 0.3) is 0 Å². The fraction of sp³-hybridized carbons (Fsp3) is 0.385. The average molecular weight is 431 g/mol. The normalized spacial score (nSPS) is 29.2. The molecule has 32 heavy (non-hydrogen) atoms. The number of hydrogen-bond acceptors (Lipinski definition) is 5. The number of Topliss-reactive ketones (excluding diaryl/α,β-unsaturated/α-hetero) is 1. The van der Waals surface area contributed by atoms with Crippen molar-refractivity contribution in [2.45, 2.75) is 20.3 Å². The van der Waals surface area contributed by atoms with Crippen LogP contribution in [0.4, 0.5) is 5.82 Å². The number of hydrogen-bond donors (Lipinski definition) is 1. The van der Waals surface area contributed by atoms with Crippen molar-refractivity contribution in [3.8, 4) is 5.75 Å². The minimum Gasteiger partial charge on any atom is -0.484 e. The fourth-order valence-corrected chi connectivity index (χ4v) is 5.38. The summed E-state index contributed by atoms with van der Waals surface area (Å²) in [6.45, 7) is 3.89. The van der Waals surface area contributed by atoms with Crippen molar-refractivity contribution in [3.63, 3.8) is 0 Å². The standard InChI is InChI=1S/C26H26N2O4/c1-14-3-4-16(9-15(14)2)23(30)13-32-17-5-8-24(27-11-17)28-26(31)25-19-7-6-18(22(25)12-29)20-10-21(19)20/h3-9,11-12,18-22,25H,10,13H2,1-2H3,(H,27,28,31). The Hall–Kier alpha value is -3.28. The van der Waals surface area contributed by atoms with Crippen molar-refractivity contribution >= 4 is 23.8 Å². The second kappa shape index (κ2) is 8.01. The first kappa shape index (κ1) is 20.6. The number of anilines is 1. The minimum absolute atomic E-state index is 0.0864. The topological polar surface area (TPSA) is 85.4 Å². The maximum absolute atomic E-state index is 13.0. The highest BCUT2D eigenvalue weighted by Crippen LogP contribution is 2.63. The van der Waals surface area contributed by atoms with Gasteiger partial charge in [-0.15, -0.1) is 0 Å². The molecule has 6 heteroatoms. The van der Waals surface area contributed by atoms with Crippen molar-refractivity contribution in [2.24, 2.45) is 35.5 Å². The molecule has 4 aliphatic carbocycles. The summed E-state index contributed by atoms with van der Waals surface area (Å²) in [7, 11) is 0. The van der Waals surface area contributed by atoms with Crippen LogP contribution in [0.3, 0.4) is 0 Å². The third kappa shape index (κ3) is 3.64. The van der Waals surface area contributed by atoms with Crippen molar-refractivity contribution in [1.29, 1.82) is 0 Å². The van der Waals surface area contributed by atoms with Gasteiger partial charge in [0.1, 0.15) is 17.9 Å². The summed E-state index contributed by atoms with van der Waals surface area (Å²) in [5.74, 6) is 1.45. The number of fused-ring (bicyclic) bond motifs is 1. The number of nitrogens with zero attached hydrogens (tertiary/aromatic N) is 1. The number of aldehydes is 1. The van der Waals surface area contributed by atoms with Crippen LogP contribution >= 0.6 is 0 Å². The number of pyridine rings is 1. The first-order valence-electron chi connectivity index (χ1n) is 11.1. The van der Waals surface area contributed by atoms with Gasteiger partial charge in [0.15, 0.2) is 12.4 Å². The molecule has 2 aromatic rings. The highest BCUT2D eigenvalue weighted by molar-refractivity contribution is 5.97. The largest absolute Gasteiger partial charge is 0.484 e. The molecule has 6 rings (SSSR count). The molecule has 164 valence electrons. The predicted octanol–water partition coefficient (Wildman–Crippen LogP) is 3.78. The van der Waals surface area contributed by atoms with E-state index in [0.717, 1.165) is 23.8 Å². The summed E-state index contributed by atoms with van der Waals surface area (Å²) in [6.07, 6.45) is 7.81. The number of benzene rings is 1. The summed E-state index contributed by atoms with van der Waals surface area (Å²) in [6, 6.07) is 8.92. The predicted molar refractivity (Wildman–Crippen MR) is 119 cm³/mol. The van der Waals surface area contributed by atoms with Crippen LogP contribution < -0.4 is 10.1 Å². The zero-order valence-electron chi connectivity index (χ0n) is 18.2. The smallest absolute Gasteiger partial charge is 0.229 e. The van der Waals surface area contributed by atoms with Gasteiger partial charge in [0.2, 0.25) is 5.91 Å². The van der Waals surface area contributed by atoms with Gasteiger partial charge >= 0.3 is 0 Å². The zero-order valence-corrected chi connectivity index (χ0v) is 18.2. The molecule has 2 saturated carbocycles. The number of nitrogens with one attached hydrogen (secondary N) is 1. The molecule has 4 aliphatic rings. The summed E-state index contributed by atoms with van der Waals surface area (Å²) >= 11 is 0. The van der Waals surface area contributed by atoms with Crippen molar-refractivity contribution in [2.75, 3.05) is 11.9 Å². The van der Waals surface area contributed by atoms with E-state index in [1.165, 1.54) is 6.20 Å². The maximum atomic E-state index is 13.0. The van der Waals surface area contributed by atoms with Gasteiger partial charge < -0.3 is 14.8 Å². The molecule has 6 unspecified atom stereocenters. The molecule has 1 N–H and O–H groups in total. The van der Waals surface area contributed by atoms with E-state index >= 15 is 0 Å². The lowest BCUT2D eigenvalue weighted by molar-refractivity contribution is -0.130. The lowest BCUT2D eigenvalue weighted by Crippen LogP contribution is -2.45. The number of amides is 1. The first-order valence-corrected chi connectivity index (χ1v) is 11.1. The number of carbonyl (C=O) groups is 3. The van der Waals surface area contributed by atoms with Crippen LogP contribution in [0.15, 0.2) is 48.7 Å².